The van der Waals surface area contributed by atoms with Crippen LogP contribution in [0.25, 0.3) is 0 Å². The maximum absolute atomic E-state index is 11.6. The van der Waals surface area contributed by atoms with Crippen LogP contribution in [0.4, 0.5) is 0 Å². The lowest BCUT2D eigenvalue weighted by atomic mass is 10.1. The maximum atomic E-state index is 11.6. The largest absolute Gasteiger partial charge is 0.307 e. The van der Waals surface area contributed by atoms with Crippen molar-refractivity contribution in [2.75, 3.05) is 12.8 Å². The first kappa shape index (κ1) is 15.6. The first-order chi connectivity index (χ1) is 8.04. The van der Waals surface area contributed by atoms with E-state index in [1.165, 1.54) is 11.1 Å². The Balaban J connectivity index is 2.73. The van der Waals surface area contributed by atoms with E-state index in [-0.39, 0.29) is 6.04 Å². The van der Waals surface area contributed by atoms with Crippen molar-refractivity contribution < 1.29 is 8.42 Å². The van der Waals surface area contributed by atoms with Crippen molar-refractivity contribution in [3.05, 3.63) is 15.6 Å². The van der Waals surface area contributed by atoms with Gasteiger partial charge in [0, 0.05) is 23.7 Å². The van der Waals surface area contributed by atoms with E-state index in [2.05, 4.69) is 10.3 Å². The molecule has 1 atom stereocenters. The lowest BCUT2D eigenvalue weighted by molar-refractivity contribution is 0.484. The van der Waals surface area contributed by atoms with Crippen molar-refractivity contribution in [1.82, 2.24) is 10.3 Å². The predicted molar refractivity (Wildman–Crippen MR) is 76.9 cm³/mol. The van der Waals surface area contributed by atoms with E-state index in [9.17, 15) is 8.42 Å². The third kappa shape index (κ3) is 3.52. The van der Waals surface area contributed by atoms with Crippen LogP contribution in [0.3, 0.4) is 0 Å². The van der Waals surface area contributed by atoms with Crippen LogP contribution in [-0.2, 0) is 9.84 Å². The van der Waals surface area contributed by atoms with Gasteiger partial charge in [-0.1, -0.05) is 0 Å². The molecule has 0 aliphatic rings. The van der Waals surface area contributed by atoms with Gasteiger partial charge in [-0.2, -0.15) is 0 Å². The number of sulfone groups is 1. The summed E-state index contributed by atoms with van der Waals surface area (Å²) in [4.78, 5) is 5.66. The van der Waals surface area contributed by atoms with Gasteiger partial charge in [0.05, 0.1) is 15.4 Å². The van der Waals surface area contributed by atoms with Crippen LogP contribution in [0.5, 0.6) is 0 Å². The highest BCUT2D eigenvalue weighted by Crippen LogP contribution is 2.23. The molecule has 104 valence electrons. The normalized spacial score (nSPS) is 14.8. The number of hydrogen-bond acceptors (Lipinski definition) is 5. The van der Waals surface area contributed by atoms with Crippen LogP contribution < -0.4 is 5.32 Å². The summed E-state index contributed by atoms with van der Waals surface area (Å²) in [5, 5.41) is 4.31. The van der Waals surface area contributed by atoms with Crippen LogP contribution in [0, 0.1) is 13.8 Å². The van der Waals surface area contributed by atoms with Gasteiger partial charge in [0.2, 0.25) is 0 Å². The Hall–Kier alpha value is -0.460. The second-order valence-corrected chi connectivity index (χ2v) is 9.37. The molecule has 0 spiro atoms. The molecule has 1 rings (SSSR count). The third-order valence-corrected chi connectivity index (χ3v) is 6.24. The standard InChI is InChI=1S/C12H22N2O2S2/c1-8(11-9(2)17-10(3)14-11)13-7-12(4,5)18(6,15)16/h8,13H,7H2,1-6H3. The molecule has 0 amide bonds. The molecule has 1 aromatic heterocycles. The molecule has 0 aromatic carbocycles. The fourth-order valence-electron chi connectivity index (χ4n) is 1.57. The SMILES string of the molecule is Cc1nc(C(C)NCC(C)(C)S(C)(=O)=O)c(C)s1. The molecule has 1 N–H and O–H groups in total. The Labute approximate surface area is 114 Å². The van der Waals surface area contributed by atoms with E-state index in [4.69, 9.17) is 0 Å². The second-order valence-electron chi connectivity index (χ2n) is 5.31. The monoisotopic (exact) mass is 290 g/mol. The summed E-state index contributed by atoms with van der Waals surface area (Å²) in [7, 11) is -3.07. The molecule has 0 aliphatic carbocycles. The molecule has 0 fully saturated rings. The topological polar surface area (TPSA) is 59.1 Å². The van der Waals surface area contributed by atoms with Gasteiger partial charge < -0.3 is 5.32 Å². The van der Waals surface area contributed by atoms with E-state index in [0.29, 0.717) is 6.54 Å². The highest BCUT2D eigenvalue weighted by molar-refractivity contribution is 7.92. The number of nitrogens with zero attached hydrogens (tertiary/aromatic N) is 1. The summed E-state index contributed by atoms with van der Waals surface area (Å²) < 4.78 is 22.5. The second kappa shape index (κ2) is 5.27. The summed E-state index contributed by atoms with van der Waals surface area (Å²) in [6, 6.07) is 0.0657. The number of nitrogens with one attached hydrogen (secondary N) is 1. The number of aryl methyl sites for hydroxylation is 2. The highest BCUT2D eigenvalue weighted by Gasteiger charge is 2.30. The summed E-state index contributed by atoms with van der Waals surface area (Å²) >= 11 is 1.67. The molecule has 0 bridgehead atoms. The van der Waals surface area contributed by atoms with Crippen LogP contribution in [0.2, 0.25) is 0 Å². The van der Waals surface area contributed by atoms with Gasteiger partial charge in [-0.05, 0) is 34.6 Å². The predicted octanol–water partition coefficient (Wildman–Crippen LogP) is 2.23. The number of hydrogen-bond donors (Lipinski definition) is 1. The molecular formula is C12H22N2O2S2. The van der Waals surface area contributed by atoms with Crippen LogP contribution in [-0.4, -0.2) is 30.9 Å². The van der Waals surface area contributed by atoms with E-state index in [0.717, 1.165) is 10.7 Å². The van der Waals surface area contributed by atoms with Crippen molar-refractivity contribution >= 4 is 21.2 Å². The summed E-state index contributed by atoms with van der Waals surface area (Å²) in [6.07, 6.45) is 1.28. The third-order valence-electron chi connectivity index (χ3n) is 3.19. The molecular weight excluding hydrogens is 268 g/mol. The number of thiazole rings is 1. The van der Waals surface area contributed by atoms with E-state index in [1.807, 2.05) is 20.8 Å². The van der Waals surface area contributed by atoms with Gasteiger partial charge in [-0.15, -0.1) is 11.3 Å². The Morgan fingerprint density at radius 1 is 1.39 bits per heavy atom. The fraction of sp³-hybridized carbons (Fsp3) is 0.750. The highest BCUT2D eigenvalue weighted by atomic mass is 32.2. The molecule has 0 saturated carbocycles. The Bertz CT molecular complexity index is 518. The molecule has 4 nitrogen and oxygen atoms in total. The van der Waals surface area contributed by atoms with Crippen LogP contribution >= 0.6 is 11.3 Å². The molecule has 18 heavy (non-hydrogen) atoms. The van der Waals surface area contributed by atoms with E-state index >= 15 is 0 Å². The molecule has 0 saturated heterocycles. The molecule has 1 heterocycles. The minimum atomic E-state index is -3.07. The van der Waals surface area contributed by atoms with Gasteiger partial charge in [0.1, 0.15) is 0 Å². The quantitative estimate of drug-likeness (QED) is 0.903. The fourth-order valence-corrected chi connectivity index (χ4v) is 2.83. The van der Waals surface area contributed by atoms with Crippen molar-refractivity contribution in [1.29, 1.82) is 0 Å². The zero-order chi connectivity index (χ0) is 14.1. The maximum Gasteiger partial charge on any atom is 0.153 e. The van der Waals surface area contributed by atoms with Gasteiger partial charge in [0.15, 0.2) is 9.84 Å². The average molecular weight is 290 g/mol. The van der Waals surface area contributed by atoms with E-state index < -0.39 is 14.6 Å². The minimum absolute atomic E-state index is 0.0657. The van der Waals surface area contributed by atoms with Gasteiger partial charge in [-0.3, -0.25) is 0 Å². The van der Waals surface area contributed by atoms with Crippen LogP contribution in [0.1, 0.15) is 42.4 Å². The molecule has 1 unspecified atom stereocenters. The molecule has 0 radical (unpaired) electrons. The summed E-state index contributed by atoms with van der Waals surface area (Å²) in [5.41, 5.74) is 1.02. The first-order valence-electron chi connectivity index (χ1n) is 5.91. The van der Waals surface area contributed by atoms with Crippen molar-refractivity contribution in [2.45, 2.75) is 45.4 Å². The van der Waals surface area contributed by atoms with Crippen molar-refractivity contribution in [2.24, 2.45) is 0 Å². The lowest BCUT2D eigenvalue weighted by Crippen LogP contribution is -2.42. The molecule has 0 aliphatic heterocycles. The molecule has 6 heteroatoms. The zero-order valence-electron chi connectivity index (χ0n) is 11.9. The summed E-state index contributed by atoms with van der Waals surface area (Å²) in [5.74, 6) is 0. The zero-order valence-corrected chi connectivity index (χ0v) is 13.5. The lowest BCUT2D eigenvalue weighted by Gasteiger charge is -2.25. The van der Waals surface area contributed by atoms with Gasteiger partial charge in [0.25, 0.3) is 0 Å². The molecule has 1 aromatic rings. The van der Waals surface area contributed by atoms with Gasteiger partial charge >= 0.3 is 0 Å². The Morgan fingerprint density at radius 3 is 2.33 bits per heavy atom. The first-order valence-corrected chi connectivity index (χ1v) is 8.62. The van der Waals surface area contributed by atoms with Crippen molar-refractivity contribution in [3.8, 4) is 0 Å². The Kier molecular flexibility index (Phi) is 4.56. The number of aromatic nitrogens is 1. The van der Waals surface area contributed by atoms with Crippen molar-refractivity contribution in [3.63, 3.8) is 0 Å². The minimum Gasteiger partial charge on any atom is -0.307 e. The number of rotatable bonds is 5. The average Bonchev–Trinajstić information content (AvgIpc) is 2.53. The van der Waals surface area contributed by atoms with Gasteiger partial charge in [-0.25, -0.2) is 13.4 Å². The Morgan fingerprint density at radius 2 is 1.94 bits per heavy atom. The van der Waals surface area contributed by atoms with E-state index in [1.54, 1.807) is 25.2 Å². The smallest absolute Gasteiger partial charge is 0.153 e. The van der Waals surface area contributed by atoms with Crippen LogP contribution in [0.15, 0.2) is 0 Å². The summed E-state index contributed by atoms with van der Waals surface area (Å²) in [6.45, 7) is 9.93.